The summed E-state index contributed by atoms with van der Waals surface area (Å²) in [6, 6.07) is 0. The molecule has 29 heavy (non-hydrogen) atoms. The molecule has 0 aromatic rings. The maximum atomic E-state index is 2.48. The smallest absolute Gasteiger partial charge is 0.0355 e. The lowest BCUT2D eigenvalue weighted by Crippen LogP contribution is -2.30. The molecular formula is C29H56. The van der Waals surface area contributed by atoms with Crippen molar-refractivity contribution < 1.29 is 0 Å². The molecule has 2 fully saturated rings. The van der Waals surface area contributed by atoms with Gasteiger partial charge in [-0.3, -0.25) is 0 Å². The second-order valence-corrected chi connectivity index (χ2v) is 11.0. The molecule has 0 bridgehead atoms. The van der Waals surface area contributed by atoms with Gasteiger partial charge in [-0.15, -0.1) is 0 Å². The lowest BCUT2D eigenvalue weighted by molar-refractivity contribution is 0.0993. The minimum atomic E-state index is 1.04. The maximum Gasteiger partial charge on any atom is -0.0355 e. The van der Waals surface area contributed by atoms with E-state index in [2.05, 4.69) is 20.8 Å². The highest BCUT2D eigenvalue weighted by atomic mass is 14.4. The molecule has 5 atom stereocenters. The summed E-state index contributed by atoms with van der Waals surface area (Å²) in [5, 5.41) is 0. The van der Waals surface area contributed by atoms with E-state index in [1.54, 1.807) is 19.3 Å². The van der Waals surface area contributed by atoms with Crippen LogP contribution in [0.5, 0.6) is 0 Å². The van der Waals surface area contributed by atoms with Gasteiger partial charge in [0.15, 0.2) is 0 Å². The number of rotatable bonds is 6. The van der Waals surface area contributed by atoms with Gasteiger partial charge in [0.05, 0.1) is 0 Å². The molecule has 0 radical (unpaired) electrons. The Labute approximate surface area is 185 Å². The van der Waals surface area contributed by atoms with Crippen molar-refractivity contribution in [2.24, 2.45) is 29.6 Å². The van der Waals surface area contributed by atoms with Crippen molar-refractivity contribution in [2.75, 3.05) is 0 Å². The summed E-state index contributed by atoms with van der Waals surface area (Å²) in [6.07, 6.45) is 31.6. The zero-order valence-corrected chi connectivity index (χ0v) is 20.7. The Hall–Kier alpha value is 0. The molecule has 0 saturated heterocycles. The Morgan fingerprint density at radius 2 is 1.17 bits per heavy atom. The van der Waals surface area contributed by atoms with Gasteiger partial charge in [0, 0.05) is 0 Å². The molecule has 0 aromatic carbocycles. The van der Waals surface area contributed by atoms with Crippen molar-refractivity contribution in [3.63, 3.8) is 0 Å². The Morgan fingerprint density at radius 3 is 1.83 bits per heavy atom. The third-order valence-electron chi connectivity index (χ3n) is 8.95. The van der Waals surface area contributed by atoms with Gasteiger partial charge in [0.1, 0.15) is 0 Å². The first-order valence-electron chi connectivity index (χ1n) is 14.3. The number of hydrogen-bond donors (Lipinski definition) is 0. The Morgan fingerprint density at radius 1 is 0.552 bits per heavy atom. The Kier molecular flexibility index (Phi) is 13.7. The van der Waals surface area contributed by atoms with Gasteiger partial charge in [0.25, 0.3) is 0 Å². The van der Waals surface area contributed by atoms with Crippen molar-refractivity contribution in [1.82, 2.24) is 0 Å². The standard InChI is InChI=1S/C29H56/c1-4-7-17-26-18-14-12-10-8-9-11-13-15-20-28(21-16-19-26)29-24-25(5-2)22-23-27(29)6-3/h25-29H,4-24H2,1-3H3. The van der Waals surface area contributed by atoms with E-state index in [1.165, 1.54) is 116 Å². The predicted molar refractivity (Wildman–Crippen MR) is 131 cm³/mol. The van der Waals surface area contributed by atoms with Crippen molar-refractivity contribution in [3.8, 4) is 0 Å². The average molecular weight is 405 g/mol. The highest BCUT2D eigenvalue weighted by molar-refractivity contribution is 4.84. The minimum absolute atomic E-state index is 1.04. The number of unbranched alkanes of at least 4 members (excludes halogenated alkanes) is 1. The van der Waals surface area contributed by atoms with Crippen LogP contribution in [0.25, 0.3) is 0 Å². The van der Waals surface area contributed by atoms with Crippen LogP contribution >= 0.6 is 0 Å². The van der Waals surface area contributed by atoms with E-state index in [0.717, 1.165) is 29.6 Å². The maximum absolute atomic E-state index is 2.48. The molecule has 0 amide bonds. The first-order chi connectivity index (χ1) is 14.3. The van der Waals surface area contributed by atoms with Gasteiger partial charge in [-0.1, -0.05) is 143 Å². The first kappa shape index (κ1) is 25.3. The van der Waals surface area contributed by atoms with E-state index < -0.39 is 0 Å². The fraction of sp³-hybridized carbons (Fsp3) is 1.00. The molecule has 0 heteroatoms. The summed E-state index contributed by atoms with van der Waals surface area (Å²) in [4.78, 5) is 0. The largest absolute Gasteiger partial charge is 0.0654 e. The van der Waals surface area contributed by atoms with Gasteiger partial charge < -0.3 is 0 Å². The molecule has 2 aliphatic rings. The summed E-state index contributed by atoms with van der Waals surface area (Å²) < 4.78 is 0. The molecule has 2 rings (SSSR count). The molecule has 2 saturated carbocycles. The molecule has 0 nitrogen and oxygen atoms in total. The zero-order chi connectivity index (χ0) is 20.7. The monoisotopic (exact) mass is 404 g/mol. The van der Waals surface area contributed by atoms with Crippen molar-refractivity contribution >= 4 is 0 Å². The fourth-order valence-corrected chi connectivity index (χ4v) is 6.88. The third-order valence-corrected chi connectivity index (χ3v) is 8.95. The highest BCUT2D eigenvalue weighted by Gasteiger charge is 2.33. The van der Waals surface area contributed by atoms with Crippen LogP contribution in [0.4, 0.5) is 0 Å². The van der Waals surface area contributed by atoms with Gasteiger partial charge in [-0.05, 0) is 42.4 Å². The first-order valence-corrected chi connectivity index (χ1v) is 14.3. The lowest BCUT2D eigenvalue weighted by atomic mass is 9.65. The van der Waals surface area contributed by atoms with Crippen LogP contribution in [0, 0.1) is 29.6 Å². The molecule has 0 spiro atoms. The van der Waals surface area contributed by atoms with Crippen LogP contribution in [0.3, 0.4) is 0 Å². The van der Waals surface area contributed by atoms with E-state index >= 15 is 0 Å². The summed E-state index contributed by atoms with van der Waals surface area (Å²) >= 11 is 0. The summed E-state index contributed by atoms with van der Waals surface area (Å²) in [5.41, 5.74) is 0. The van der Waals surface area contributed by atoms with Crippen LogP contribution in [-0.4, -0.2) is 0 Å². The minimum Gasteiger partial charge on any atom is -0.0654 e. The average Bonchev–Trinajstić information content (AvgIpc) is 2.76. The van der Waals surface area contributed by atoms with Crippen LogP contribution < -0.4 is 0 Å². The van der Waals surface area contributed by atoms with E-state index in [9.17, 15) is 0 Å². The lowest BCUT2D eigenvalue weighted by Gasteiger charge is -2.41. The molecule has 2 aliphatic carbocycles. The highest BCUT2D eigenvalue weighted by Crippen LogP contribution is 2.44. The van der Waals surface area contributed by atoms with Crippen LogP contribution in [-0.2, 0) is 0 Å². The molecule has 5 unspecified atom stereocenters. The third kappa shape index (κ3) is 9.78. The van der Waals surface area contributed by atoms with Crippen molar-refractivity contribution in [1.29, 1.82) is 0 Å². The topological polar surface area (TPSA) is 0 Å². The van der Waals surface area contributed by atoms with Gasteiger partial charge in [0.2, 0.25) is 0 Å². The second kappa shape index (κ2) is 15.8. The van der Waals surface area contributed by atoms with E-state index in [4.69, 9.17) is 0 Å². The summed E-state index contributed by atoms with van der Waals surface area (Å²) in [7, 11) is 0. The van der Waals surface area contributed by atoms with Gasteiger partial charge in [-0.25, -0.2) is 0 Å². The quantitative estimate of drug-likeness (QED) is 0.413. The van der Waals surface area contributed by atoms with E-state index in [-0.39, 0.29) is 0 Å². The molecule has 172 valence electrons. The zero-order valence-electron chi connectivity index (χ0n) is 20.7. The predicted octanol–water partition coefficient (Wildman–Crippen LogP) is 10.3. The van der Waals surface area contributed by atoms with Crippen LogP contribution in [0.2, 0.25) is 0 Å². The van der Waals surface area contributed by atoms with Crippen molar-refractivity contribution in [3.05, 3.63) is 0 Å². The fourth-order valence-electron chi connectivity index (χ4n) is 6.88. The summed E-state index contributed by atoms with van der Waals surface area (Å²) in [6.45, 7) is 7.31. The second-order valence-electron chi connectivity index (χ2n) is 11.0. The normalized spacial score (nSPS) is 34.2. The molecule has 0 aromatic heterocycles. The number of hydrogen-bond acceptors (Lipinski definition) is 0. The Bertz CT molecular complexity index is 372. The summed E-state index contributed by atoms with van der Waals surface area (Å²) in [5.74, 6) is 5.23. The van der Waals surface area contributed by atoms with Crippen molar-refractivity contribution in [2.45, 2.75) is 156 Å². The van der Waals surface area contributed by atoms with Crippen LogP contribution in [0.15, 0.2) is 0 Å². The van der Waals surface area contributed by atoms with Gasteiger partial charge in [-0.2, -0.15) is 0 Å². The molecule has 0 heterocycles. The molecular weight excluding hydrogens is 348 g/mol. The molecule has 0 aliphatic heterocycles. The van der Waals surface area contributed by atoms with E-state index in [1.807, 2.05) is 0 Å². The molecule has 0 N–H and O–H groups in total. The SMILES string of the molecule is CCCCC1CCCCCCCCCCC(C2CC(CC)CCC2CC)CCC1. The van der Waals surface area contributed by atoms with Crippen LogP contribution in [0.1, 0.15) is 156 Å². The van der Waals surface area contributed by atoms with E-state index in [0.29, 0.717) is 0 Å². The Balaban J connectivity index is 1.97. The van der Waals surface area contributed by atoms with Gasteiger partial charge >= 0.3 is 0 Å².